The zero-order chi connectivity index (χ0) is 17.6. The molecule has 0 fully saturated rings. The number of amides is 1. The van der Waals surface area contributed by atoms with Gasteiger partial charge in [0.1, 0.15) is 5.69 Å². The van der Waals surface area contributed by atoms with Crippen molar-refractivity contribution in [3.05, 3.63) is 83.2 Å². The van der Waals surface area contributed by atoms with Gasteiger partial charge in [-0.1, -0.05) is 47.7 Å². The van der Waals surface area contributed by atoms with Crippen molar-refractivity contribution < 1.29 is 4.79 Å². The summed E-state index contributed by atoms with van der Waals surface area (Å²) < 4.78 is 1.75. The molecule has 1 amide bonds. The molecular weight excluding hydrogens is 312 g/mol. The molecule has 25 heavy (non-hydrogen) atoms. The highest BCUT2D eigenvalue weighted by atomic mass is 16.1. The van der Waals surface area contributed by atoms with Gasteiger partial charge in [0.25, 0.3) is 0 Å². The molecule has 0 radical (unpaired) electrons. The Morgan fingerprint density at radius 2 is 1.96 bits per heavy atom. The summed E-state index contributed by atoms with van der Waals surface area (Å²) in [4.78, 5) is 12.1. The van der Waals surface area contributed by atoms with Gasteiger partial charge >= 0.3 is 0 Å². The molecule has 5 heteroatoms. The Morgan fingerprint density at radius 3 is 2.76 bits per heavy atom. The first-order valence-electron chi connectivity index (χ1n) is 8.10. The first-order chi connectivity index (χ1) is 12.1. The number of aryl methyl sites for hydroxylation is 2. The molecule has 1 aromatic heterocycles. The topological polar surface area (TPSA) is 59.8 Å². The van der Waals surface area contributed by atoms with E-state index in [1.165, 1.54) is 6.08 Å². The monoisotopic (exact) mass is 332 g/mol. The Bertz CT molecular complexity index is 897. The van der Waals surface area contributed by atoms with Gasteiger partial charge in [-0.05, 0) is 42.7 Å². The van der Waals surface area contributed by atoms with Crippen LogP contribution >= 0.6 is 0 Å². The van der Waals surface area contributed by atoms with Gasteiger partial charge in [0.05, 0.1) is 12.7 Å². The zero-order valence-corrected chi connectivity index (χ0v) is 14.3. The summed E-state index contributed by atoms with van der Waals surface area (Å²) in [6, 6.07) is 16.0. The van der Waals surface area contributed by atoms with Crippen LogP contribution < -0.4 is 5.32 Å². The van der Waals surface area contributed by atoms with Crippen molar-refractivity contribution in [1.29, 1.82) is 0 Å². The summed E-state index contributed by atoms with van der Waals surface area (Å²) in [5.74, 6) is -0.189. The van der Waals surface area contributed by atoms with Crippen molar-refractivity contribution in [3.63, 3.8) is 0 Å². The molecule has 2 aromatic carbocycles. The van der Waals surface area contributed by atoms with E-state index in [4.69, 9.17) is 0 Å². The number of benzene rings is 2. The van der Waals surface area contributed by atoms with Crippen molar-refractivity contribution in [2.24, 2.45) is 0 Å². The second-order valence-electron chi connectivity index (χ2n) is 5.97. The van der Waals surface area contributed by atoms with E-state index in [2.05, 4.69) is 15.6 Å². The minimum atomic E-state index is -0.189. The molecule has 5 nitrogen and oxygen atoms in total. The number of nitrogens with zero attached hydrogens (tertiary/aromatic N) is 3. The van der Waals surface area contributed by atoms with E-state index in [-0.39, 0.29) is 5.91 Å². The van der Waals surface area contributed by atoms with Crippen LogP contribution in [0, 0.1) is 13.8 Å². The Hall–Kier alpha value is -3.21. The summed E-state index contributed by atoms with van der Waals surface area (Å²) in [6.45, 7) is 4.61. The maximum absolute atomic E-state index is 12.1. The summed E-state index contributed by atoms with van der Waals surface area (Å²) in [5.41, 5.74) is 4.75. The highest BCUT2D eigenvalue weighted by Crippen LogP contribution is 2.16. The van der Waals surface area contributed by atoms with E-state index in [0.717, 1.165) is 22.4 Å². The van der Waals surface area contributed by atoms with Crippen LogP contribution in [0.25, 0.3) is 6.08 Å². The molecule has 1 N–H and O–H groups in total. The van der Waals surface area contributed by atoms with Crippen LogP contribution in [0.2, 0.25) is 0 Å². The third kappa shape index (κ3) is 4.64. The lowest BCUT2D eigenvalue weighted by Crippen LogP contribution is -2.09. The predicted octanol–water partition coefficient (Wildman–Crippen LogP) is 3.60. The van der Waals surface area contributed by atoms with Crippen LogP contribution in [0.5, 0.6) is 0 Å². The molecule has 0 unspecified atom stereocenters. The van der Waals surface area contributed by atoms with E-state index in [9.17, 15) is 4.79 Å². The molecular formula is C20H20N4O. The first kappa shape index (κ1) is 16.6. The highest BCUT2D eigenvalue weighted by molar-refractivity contribution is 6.02. The molecule has 3 rings (SSSR count). The highest BCUT2D eigenvalue weighted by Gasteiger charge is 2.03. The average molecular weight is 332 g/mol. The Balaban J connectivity index is 1.62. The molecule has 0 aliphatic rings. The minimum Gasteiger partial charge on any atom is -0.322 e. The molecule has 3 aromatic rings. The number of anilines is 1. The molecule has 0 atom stereocenters. The number of hydrogen-bond acceptors (Lipinski definition) is 3. The lowest BCUT2D eigenvalue weighted by Gasteiger charge is -2.07. The fourth-order valence-electron chi connectivity index (χ4n) is 2.44. The van der Waals surface area contributed by atoms with Crippen molar-refractivity contribution in [2.75, 3.05) is 5.32 Å². The first-order valence-corrected chi connectivity index (χ1v) is 8.10. The molecule has 1 heterocycles. The van der Waals surface area contributed by atoms with Gasteiger partial charge in [-0.15, -0.1) is 5.10 Å². The van der Waals surface area contributed by atoms with Crippen molar-refractivity contribution in [1.82, 2.24) is 15.0 Å². The SMILES string of the molecule is Cc1ccc(C)c(NC(=O)/C=C/c2cn(Cc3ccccc3)nn2)c1. The number of rotatable bonds is 5. The Morgan fingerprint density at radius 1 is 1.16 bits per heavy atom. The molecule has 0 aliphatic carbocycles. The molecule has 0 bridgehead atoms. The van der Waals surface area contributed by atoms with Gasteiger partial charge in [0, 0.05) is 11.8 Å². The molecule has 0 saturated heterocycles. The molecule has 0 spiro atoms. The summed E-state index contributed by atoms with van der Waals surface area (Å²) in [5, 5.41) is 11.0. The van der Waals surface area contributed by atoms with E-state index in [1.54, 1.807) is 10.8 Å². The van der Waals surface area contributed by atoms with Crippen LogP contribution in [-0.4, -0.2) is 20.9 Å². The van der Waals surface area contributed by atoms with E-state index in [0.29, 0.717) is 12.2 Å². The van der Waals surface area contributed by atoms with Crippen LogP contribution in [0.3, 0.4) is 0 Å². The van der Waals surface area contributed by atoms with Gasteiger partial charge in [0.15, 0.2) is 0 Å². The van der Waals surface area contributed by atoms with Crippen LogP contribution in [0.15, 0.2) is 60.8 Å². The van der Waals surface area contributed by atoms with Gasteiger partial charge in [-0.2, -0.15) is 0 Å². The summed E-state index contributed by atoms with van der Waals surface area (Å²) in [7, 11) is 0. The minimum absolute atomic E-state index is 0.189. The number of carbonyl (C=O) groups is 1. The normalized spacial score (nSPS) is 11.0. The molecule has 0 saturated carbocycles. The van der Waals surface area contributed by atoms with Gasteiger partial charge in [0.2, 0.25) is 5.91 Å². The average Bonchev–Trinajstić information content (AvgIpc) is 3.05. The fraction of sp³-hybridized carbons (Fsp3) is 0.150. The smallest absolute Gasteiger partial charge is 0.248 e. The quantitative estimate of drug-likeness (QED) is 0.726. The lowest BCUT2D eigenvalue weighted by atomic mass is 10.1. The maximum atomic E-state index is 12.1. The number of carbonyl (C=O) groups excluding carboxylic acids is 1. The Kier molecular flexibility index (Phi) is 5.04. The van der Waals surface area contributed by atoms with Crippen molar-refractivity contribution in [2.45, 2.75) is 20.4 Å². The third-order valence-corrected chi connectivity index (χ3v) is 3.80. The molecule has 126 valence electrons. The van der Waals surface area contributed by atoms with E-state index < -0.39 is 0 Å². The van der Waals surface area contributed by atoms with Crippen molar-refractivity contribution >= 4 is 17.7 Å². The summed E-state index contributed by atoms with van der Waals surface area (Å²) >= 11 is 0. The number of hydrogen-bond donors (Lipinski definition) is 1. The third-order valence-electron chi connectivity index (χ3n) is 3.80. The molecule has 0 aliphatic heterocycles. The van der Waals surface area contributed by atoms with Crippen LogP contribution in [-0.2, 0) is 11.3 Å². The van der Waals surface area contributed by atoms with Gasteiger partial charge < -0.3 is 5.32 Å². The van der Waals surface area contributed by atoms with Gasteiger partial charge in [-0.3, -0.25) is 4.79 Å². The standard InChI is InChI=1S/C20H20N4O/c1-15-8-9-16(2)19(12-15)21-20(25)11-10-18-14-24(23-22-18)13-17-6-4-3-5-7-17/h3-12,14H,13H2,1-2H3,(H,21,25)/b11-10+. The summed E-state index contributed by atoms with van der Waals surface area (Å²) in [6.07, 6.45) is 4.95. The predicted molar refractivity (Wildman–Crippen MR) is 99.1 cm³/mol. The van der Waals surface area contributed by atoms with E-state index >= 15 is 0 Å². The second kappa shape index (κ2) is 7.57. The van der Waals surface area contributed by atoms with Gasteiger partial charge in [-0.25, -0.2) is 4.68 Å². The van der Waals surface area contributed by atoms with E-state index in [1.807, 2.05) is 68.6 Å². The largest absolute Gasteiger partial charge is 0.322 e. The van der Waals surface area contributed by atoms with Crippen LogP contribution in [0.1, 0.15) is 22.4 Å². The Labute approximate surface area is 147 Å². The lowest BCUT2D eigenvalue weighted by molar-refractivity contribution is -0.111. The second-order valence-corrected chi connectivity index (χ2v) is 5.97. The number of nitrogens with one attached hydrogen (secondary N) is 1. The number of aromatic nitrogens is 3. The van der Waals surface area contributed by atoms with Crippen LogP contribution in [0.4, 0.5) is 5.69 Å². The zero-order valence-electron chi connectivity index (χ0n) is 14.3. The maximum Gasteiger partial charge on any atom is 0.248 e. The van der Waals surface area contributed by atoms with Crippen molar-refractivity contribution in [3.8, 4) is 0 Å². The fourth-order valence-corrected chi connectivity index (χ4v) is 2.44.